The lowest BCUT2D eigenvalue weighted by Crippen LogP contribution is -2.59. The number of carbonyl (C=O) groups is 2. The Morgan fingerprint density at radius 3 is 2.65 bits per heavy atom. The second kappa shape index (κ2) is 7.70. The van der Waals surface area contributed by atoms with Crippen LogP contribution in [-0.2, 0) is 11.3 Å². The Bertz CT molecular complexity index is 990. The number of rotatable bonds is 6. The molecule has 0 spiro atoms. The third-order valence-electron chi connectivity index (χ3n) is 5.72. The number of aromatic nitrogens is 1. The maximum atomic E-state index is 13.6. The predicted molar refractivity (Wildman–Crippen MR) is 111 cm³/mol. The van der Waals surface area contributed by atoms with Crippen LogP contribution in [0.5, 0.6) is 0 Å². The van der Waals surface area contributed by atoms with Crippen LogP contribution >= 0.6 is 11.3 Å². The van der Waals surface area contributed by atoms with E-state index in [9.17, 15) is 22.8 Å². The molecule has 2 aliphatic rings. The fourth-order valence-electron chi connectivity index (χ4n) is 3.71. The number of hydrogen-bond donors (Lipinski definition) is 3. The average Bonchev–Trinajstić information content (AvgIpc) is 3.44. The maximum absolute atomic E-state index is 13.6. The Morgan fingerprint density at radius 1 is 1.35 bits per heavy atom. The molecule has 1 fully saturated rings. The summed E-state index contributed by atoms with van der Waals surface area (Å²) in [5.41, 5.74) is -0.922. The van der Waals surface area contributed by atoms with Crippen LogP contribution in [-0.4, -0.2) is 42.2 Å². The summed E-state index contributed by atoms with van der Waals surface area (Å²) in [6.07, 6.45) is -5.63. The molecule has 7 nitrogen and oxygen atoms in total. The van der Waals surface area contributed by atoms with Crippen LogP contribution in [0.25, 0.3) is 0 Å². The number of benzene rings is 1. The van der Waals surface area contributed by atoms with E-state index in [2.05, 4.69) is 20.9 Å². The Morgan fingerprint density at radius 2 is 2.03 bits per heavy atom. The van der Waals surface area contributed by atoms with Crippen molar-refractivity contribution in [2.45, 2.75) is 44.7 Å². The standard InChI is InChI=1S/C20H22F3N5O2S/c1-11(14(29)24-10-12-6-4-3-5-7-12)25-18-26-13-15(30)27-17(28(2)16(13)31-18)19(8-9-19)20(21,22)23/h3-7,11,17H,8-10H2,1-2H3,(H,24,29)(H,25,26)(H,27,30)/t11-,17?/m1/s1. The van der Waals surface area contributed by atoms with Gasteiger partial charge >= 0.3 is 6.18 Å². The zero-order valence-corrected chi connectivity index (χ0v) is 17.7. The Labute approximate surface area is 181 Å². The van der Waals surface area contributed by atoms with Gasteiger partial charge in [-0.2, -0.15) is 13.2 Å². The molecule has 2 atom stereocenters. The van der Waals surface area contributed by atoms with Crippen LogP contribution in [0.1, 0.15) is 35.8 Å². The zero-order chi connectivity index (χ0) is 22.4. The maximum Gasteiger partial charge on any atom is 0.398 e. The first-order chi connectivity index (χ1) is 14.6. The largest absolute Gasteiger partial charge is 0.398 e. The molecule has 166 valence electrons. The van der Waals surface area contributed by atoms with Gasteiger partial charge in [0.15, 0.2) is 10.8 Å². The van der Waals surface area contributed by atoms with Crippen molar-refractivity contribution in [3.8, 4) is 0 Å². The third kappa shape index (κ3) is 3.93. The molecule has 1 aromatic carbocycles. The quantitative estimate of drug-likeness (QED) is 0.626. The highest BCUT2D eigenvalue weighted by atomic mass is 32.1. The summed E-state index contributed by atoms with van der Waals surface area (Å²) >= 11 is 1.06. The van der Waals surface area contributed by atoms with E-state index in [1.165, 1.54) is 11.9 Å². The summed E-state index contributed by atoms with van der Waals surface area (Å²) in [7, 11) is 1.52. The highest BCUT2D eigenvalue weighted by molar-refractivity contribution is 7.20. The topological polar surface area (TPSA) is 86.4 Å². The van der Waals surface area contributed by atoms with Gasteiger partial charge in [-0.1, -0.05) is 41.7 Å². The molecule has 1 unspecified atom stereocenters. The van der Waals surface area contributed by atoms with E-state index in [0.29, 0.717) is 16.7 Å². The molecule has 2 amide bonds. The van der Waals surface area contributed by atoms with E-state index in [1.807, 2.05) is 30.3 Å². The van der Waals surface area contributed by atoms with Gasteiger partial charge in [-0.25, -0.2) is 4.98 Å². The molecule has 1 saturated carbocycles. The number of nitrogens with one attached hydrogen (secondary N) is 3. The van der Waals surface area contributed by atoms with Gasteiger partial charge in [0, 0.05) is 13.6 Å². The molecular formula is C20H22F3N5O2S. The summed E-state index contributed by atoms with van der Waals surface area (Å²) in [4.78, 5) is 30.5. The summed E-state index contributed by atoms with van der Waals surface area (Å²) in [6.45, 7) is 2.02. The number of alkyl halides is 3. The molecule has 0 saturated heterocycles. The van der Waals surface area contributed by atoms with Crippen LogP contribution in [0.15, 0.2) is 30.3 Å². The minimum Gasteiger partial charge on any atom is -0.350 e. The molecule has 1 aromatic heterocycles. The monoisotopic (exact) mass is 453 g/mol. The van der Waals surface area contributed by atoms with Gasteiger partial charge < -0.3 is 20.9 Å². The predicted octanol–water partition coefficient (Wildman–Crippen LogP) is 3.11. The fraction of sp³-hybridized carbons (Fsp3) is 0.450. The summed E-state index contributed by atoms with van der Waals surface area (Å²) < 4.78 is 40.7. The number of fused-ring (bicyclic) bond motifs is 1. The van der Waals surface area contributed by atoms with E-state index in [-0.39, 0.29) is 24.4 Å². The zero-order valence-electron chi connectivity index (χ0n) is 16.9. The molecule has 3 N–H and O–H groups in total. The normalized spacial score (nSPS) is 20.5. The van der Waals surface area contributed by atoms with Crippen molar-refractivity contribution in [1.29, 1.82) is 0 Å². The van der Waals surface area contributed by atoms with Crippen LogP contribution < -0.4 is 20.9 Å². The van der Waals surface area contributed by atoms with Crippen LogP contribution in [0.4, 0.5) is 23.3 Å². The van der Waals surface area contributed by atoms with E-state index in [0.717, 1.165) is 16.9 Å². The number of halogens is 3. The third-order valence-corrected chi connectivity index (χ3v) is 6.80. The van der Waals surface area contributed by atoms with E-state index < -0.39 is 29.7 Å². The molecule has 0 bridgehead atoms. The molecule has 1 aliphatic heterocycles. The van der Waals surface area contributed by atoms with Crippen molar-refractivity contribution >= 4 is 33.3 Å². The molecular weight excluding hydrogens is 431 g/mol. The Hall–Kier alpha value is -2.82. The van der Waals surface area contributed by atoms with Crippen molar-refractivity contribution < 1.29 is 22.8 Å². The van der Waals surface area contributed by atoms with Crippen molar-refractivity contribution in [3.63, 3.8) is 0 Å². The van der Waals surface area contributed by atoms with Crippen molar-refractivity contribution in [3.05, 3.63) is 41.6 Å². The molecule has 31 heavy (non-hydrogen) atoms. The van der Waals surface area contributed by atoms with Gasteiger partial charge in [0.2, 0.25) is 5.91 Å². The lowest BCUT2D eigenvalue weighted by molar-refractivity contribution is -0.194. The fourth-order valence-corrected chi connectivity index (χ4v) is 4.75. The molecule has 4 rings (SSSR count). The molecule has 2 heterocycles. The highest BCUT2D eigenvalue weighted by Crippen LogP contribution is 2.61. The summed E-state index contributed by atoms with van der Waals surface area (Å²) in [5.74, 6) is -0.902. The average molecular weight is 453 g/mol. The first kappa shape index (κ1) is 21.4. The smallest absolute Gasteiger partial charge is 0.350 e. The molecule has 1 aliphatic carbocycles. The van der Waals surface area contributed by atoms with Crippen molar-refractivity contribution in [2.24, 2.45) is 5.41 Å². The van der Waals surface area contributed by atoms with Gasteiger partial charge in [-0.3, -0.25) is 9.59 Å². The van der Waals surface area contributed by atoms with Gasteiger partial charge in [0.05, 0.1) is 0 Å². The lowest BCUT2D eigenvalue weighted by Gasteiger charge is -2.39. The van der Waals surface area contributed by atoms with Gasteiger partial charge in [-0.05, 0) is 25.3 Å². The van der Waals surface area contributed by atoms with E-state index >= 15 is 0 Å². The van der Waals surface area contributed by atoms with Crippen molar-refractivity contribution in [1.82, 2.24) is 15.6 Å². The molecule has 0 radical (unpaired) electrons. The van der Waals surface area contributed by atoms with Crippen molar-refractivity contribution in [2.75, 3.05) is 17.3 Å². The summed E-state index contributed by atoms with van der Waals surface area (Å²) in [5, 5.41) is 8.87. The Kier molecular flexibility index (Phi) is 5.32. The van der Waals surface area contributed by atoms with Gasteiger partial charge in [0.25, 0.3) is 5.91 Å². The minimum atomic E-state index is -4.41. The van der Waals surface area contributed by atoms with Gasteiger partial charge in [0.1, 0.15) is 22.6 Å². The van der Waals surface area contributed by atoms with Gasteiger partial charge in [-0.15, -0.1) is 0 Å². The second-order valence-electron chi connectivity index (χ2n) is 7.88. The number of carbonyl (C=O) groups excluding carboxylic acids is 2. The number of amides is 2. The minimum absolute atomic E-state index is 0.0242. The first-order valence-corrected chi connectivity index (χ1v) is 10.6. The van der Waals surface area contributed by atoms with E-state index in [1.54, 1.807) is 6.92 Å². The highest BCUT2D eigenvalue weighted by Gasteiger charge is 2.69. The summed E-state index contributed by atoms with van der Waals surface area (Å²) in [6, 6.07) is 8.78. The van der Waals surface area contributed by atoms with Crippen LogP contribution in [0, 0.1) is 5.41 Å². The van der Waals surface area contributed by atoms with Crippen LogP contribution in [0.2, 0.25) is 0 Å². The van der Waals surface area contributed by atoms with Crippen LogP contribution in [0.3, 0.4) is 0 Å². The molecule has 11 heteroatoms. The number of hydrogen-bond acceptors (Lipinski definition) is 6. The Balaban J connectivity index is 1.44. The second-order valence-corrected chi connectivity index (χ2v) is 8.86. The van der Waals surface area contributed by atoms with E-state index in [4.69, 9.17) is 0 Å². The first-order valence-electron chi connectivity index (χ1n) is 9.82. The number of thiazole rings is 1. The number of nitrogens with zero attached hydrogens (tertiary/aromatic N) is 2. The lowest BCUT2D eigenvalue weighted by atomic mass is 9.99. The number of anilines is 2. The molecule has 2 aromatic rings. The SMILES string of the molecule is C[C@@H](Nc1nc2c(s1)N(C)C(C1(C(F)(F)F)CC1)NC2=O)C(=O)NCc1ccccc1.